The number of halogens is 3. The van der Waals surface area contributed by atoms with Gasteiger partial charge in [-0.05, 0) is 44.9 Å². The number of nitrogens with zero attached hydrogens (tertiary/aromatic N) is 1. The summed E-state index contributed by atoms with van der Waals surface area (Å²) in [5, 5.41) is 7.24. The number of hydrogen-bond acceptors (Lipinski definition) is 5. The number of rotatable bonds is 5. The molecule has 1 fully saturated rings. The summed E-state index contributed by atoms with van der Waals surface area (Å²) in [6, 6.07) is 3.96. The molecule has 3 rings (SSSR count). The zero-order chi connectivity index (χ0) is 25.0. The average Bonchev–Trinajstić information content (AvgIpc) is 2.74. The minimum absolute atomic E-state index is 0.0526. The fourth-order valence-electron chi connectivity index (χ4n) is 4.01. The van der Waals surface area contributed by atoms with Crippen molar-refractivity contribution < 1.29 is 37.0 Å². The summed E-state index contributed by atoms with van der Waals surface area (Å²) in [5.74, 6) is -0.745. The van der Waals surface area contributed by atoms with Crippen LogP contribution in [0, 0.1) is 0 Å². The number of carbonyl (C=O) groups excluding carboxylic acids is 3. The van der Waals surface area contributed by atoms with E-state index in [0.29, 0.717) is 24.3 Å². The lowest BCUT2D eigenvalue weighted by Crippen LogP contribution is -2.54. The van der Waals surface area contributed by atoms with Crippen LogP contribution < -0.4 is 20.7 Å². The van der Waals surface area contributed by atoms with Crippen molar-refractivity contribution in [2.45, 2.75) is 63.6 Å². The summed E-state index contributed by atoms with van der Waals surface area (Å²) < 4.78 is 48.7. The van der Waals surface area contributed by atoms with Crippen LogP contribution in [0.4, 0.5) is 23.7 Å². The number of alkyl halides is 3. The van der Waals surface area contributed by atoms with Crippen LogP contribution in [0.3, 0.4) is 0 Å². The largest absolute Gasteiger partial charge is 0.490 e. The number of anilines is 1. The molecular formula is C22H29F3N4O5. The van der Waals surface area contributed by atoms with Crippen LogP contribution in [-0.4, -0.2) is 73.4 Å². The van der Waals surface area contributed by atoms with E-state index >= 15 is 0 Å². The molecule has 0 aromatic heterocycles. The first kappa shape index (κ1) is 25.6. The molecular weight excluding hydrogens is 457 g/mol. The fourth-order valence-corrected chi connectivity index (χ4v) is 4.01. The molecule has 9 nitrogen and oxygen atoms in total. The van der Waals surface area contributed by atoms with Crippen molar-refractivity contribution in [2.24, 2.45) is 0 Å². The molecule has 1 aromatic carbocycles. The molecule has 2 heterocycles. The van der Waals surface area contributed by atoms with Crippen LogP contribution in [-0.2, 0) is 9.53 Å². The Labute approximate surface area is 195 Å². The lowest BCUT2D eigenvalue weighted by molar-refractivity contribution is -0.144. The zero-order valence-corrected chi connectivity index (χ0v) is 19.2. The third kappa shape index (κ3) is 6.75. The average molecular weight is 486 g/mol. The summed E-state index contributed by atoms with van der Waals surface area (Å²) >= 11 is 0. The Bertz CT molecular complexity index is 924. The fraction of sp³-hybridized carbons (Fsp3) is 0.591. The number of urea groups is 1. The molecule has 1 aromatic rings. The third-order valence-electron chi connectivity index (χ3n) is 5.59. The Kier molecular flexibility index (Phi) is 7.90. The van der Waals surface area contributed by atoms with Crippen LogP contribution in [0.1, 0.15) is 43.5 Å². The molecule has 2 aliphatic rings. The van der Waals surface area contributed by atoms with Crippen LogP contribution in [0.5, 0.6) is 5.75 Å². The van der Waals surface area contributed by atoms with Crippen LogP contribution in [0.2, 0.25) is 0 Å². The summed E-state index contributed by atoms with van der Waals surface area (Å²) in [4.78, 5) is 38.6. The van der Waals surface area contributed by atoms with Gasteiger partial charge >= 0.3 is 12.2 Å². The van der Waals surface area contributed by atoms with Crippen LogP contribution in [0.15, 0.2) is 18.2 Å². The van der Waals surface area contributed by atoms with E-state index in [2.05, 4.69) is 10.6 Å². The van der Waals surface area contributed by atoms with Crippen LogP contribution in [0.25, 0.3) is 0 Å². The van der Waals surface area contributed by atoms with Gasteiger partial charge in [0.2, 0.25) is 5.91 Å². The number of carbonyl (C=O) groups is 3. The number of likely N-dealkylation sites (N-methyl/N-ethyl adjacent to an activating group) is 1. The highest BCUT2D eigenvalue weighted by molar-refractivity contribution is 5.99. The van der Waals surface area contributed by atoms with Gasteiger partial charge in [0.15, 0.2) is 0 Å². The number of amides is 4. The summed E-state index contributed by atoms with van der Waals surface area (Å²) in [5.41, 5.74) is 0.723. The number of ether oxygens (including phenoxy) is 2. The second kappa shape index (κ2) is 10.5. The molecule has 4 amide bonds. The molecule has 188 valence electrons. The van der Waals surface area contributed by atoms with Gasteiger partial charge in [-0.15, -0.1) is 0 Å². The van der Waals surface area contributed by atoms with Gasteiger partial charge in [0.05, 0.1) is 24.1 Å². The smallest absolute Gasteiger partial charge is 0.405 e. The Hall–Kier alpha value is -3.02. The molecule has 12 heteroatoms. The van der Waals surface area contributed by atoms with Crippen molar-refractivity contribution in [3.05, 3.63) is 23.8 Å². The molecule has 3 N–H and O–H groups in total. The Morgan fingerprint density at radius 1 is 1.24 bits per heavy atom. The van der Waals surface area contributed by atoms with E-state index < -0.39 is 36.9 Å². The number of hydrogen-bond donors (Lipinski definition) is 3. The van der Waals surface area contributed by atoms with Crippen molar-refractivity contribution in [2.75, 3.05) is 25.5 Å². The first-order chi connectivity index (χ1) is 15.9. The molecule has 0 saturated carbocycles. The molecule has 3 atom stereocenters. The molecule has 0 spiro atoms. The summed E-state index contributed by atoms with van der Waals surface area (Å²) in [7, 11) is 1.64. The normalized spacial score (nSPS) is 22.6. The standard InChI is InChI=1S/C22H29F3N4O5/c1-12(2)27-21(32)28-13-4-7-17-15(8-13)20(31)29(3)16-6-5-14(34-18(16)10-33-17)9-19(30)26-11-22(23,24)25/h4,7-8,12,14,16,18H,5-6,9-11H2,1-3H3,(H,26,30)(H2,27,28,32)/t14-,16+,18+/m1/s1. The minimum atomic E-state index is -4.48. The molecule has 0 bridgehead atoms. The molecule has 34 heavy (non-hydrogen) atoms. The second-order valence-electron chi connectivity index (χ2n) is 8.73. The molecule has 0 radical (unpaired) electrons. The maximum Gasteiger partial charge on any atom is 0.405 e. The zero-order valence-electron chi connectivity index (χ0n) is 19.2. The lowest BCUT2D eigenvalue weighted by Gasteiger charge is -2.42. The Morgan fingerprint density at radius 2 is 1.97 bits per heavy atom. The highest BCUT2D eigenvalue weighted by atomic mass is 19.4. The van der Waals surface area contributed by atoms with Crippen molar-refractivity contribution >= 4 is 23.5 Å². The first-order valence-corrected chi connectivity index (χ1v) is 11.0. The number of benzene rings is 1. The molecule has 1 saturated heterocycles. The van der Waals surface area contributed by atoms with E-state index in [4.69, 9.17) is 9.47 Å². The van der Waals surface area contributed by atoms with Gasteiger partial charge < -0.3 is 30.3 Å². The maximum absolute atomic E-state index is 13.2. The van der Waals surface area contributed by atoms with Crippen molar-refractivity contribution in [3.63, 3.8) is 0 Å². The third-order valence-corrected chi connectivity index (χ3v) is 5.59. The van der Waals surface area contributed by atoms with Gasteiger partial charge in [-0.1, -0.05) is 0 Å². The predicted octanol–water partition coefficient (Wildman–Crippen LogP) is 2.67. The van der Waals surface area contributed by atoms with Gasteiger partial charge in [-0.3, -0.25) is 9.59 Å². The summed E-state index contributed by atoms with van der Waals surface area (Å²) in [6.07, 6.45) is -4.91. The Morgan fingerprint density at radius 3 is 2.65 bits per heavy atom. The number of nitrogens with one attached hydrogen (secondary N) is 3. The predicted molar refractivity (Wildman–Crippen MR) is 117 cm³/mol. The van der Waals surface area contributed by atoms with E-state index in [-0.39, 0.29) is 36.6 Å². The van der Waals surface area contributed by atoms with Gasteiger partial charge in [-0.25, -0.2) is 4.79 Å². The minimum Gasteiger partial charge on any atom is -0.490 e. The van der Waals surface area contributed by atoms with E-state index in [9.17, 15) is 27.6 Å². The lowest BCUT2D eigenvalue weighted by atomic mass is 9.94. The second-order valence-corrected chi connectivity index (χ2v) is 8.73. The van der Waals surface area contributed by atoms with E-state index in [1.54, 1.807) is 30.1 Å². The van der Waals surface area contributed by atoms with Crippen LogP contribution >= 0.6 is 0 Å². The summed E-state index contributed by atoms with van der Waals surface area (Å²) in [6.45, 7) is 2.36. The maximum atomic E-state index is 13.2. The molecule has 0 unspecified atom stereocenters. The quantitative estimate of drug-likeness (QED) is 0.593. The Balaban J connectivity index is 1.67. The van der Waals surface area contributed by atoms with Crippen molar-refractivity contribution in [3.8, 4) is 5.75 Å². The highest BCUT2D eigenvalue weighted by Gasteiger charge is 2.39. The van der Waals surface area contributed by atoms with Gasteiger partial charge in [0, 0.05) is 18.8 Å². The van der Waals surface area contributed by atoms with Gasteiger partial charge in [-0.2, -0.15) is 13.2 Å². The molecule has 2 aliphatic heterocycles. The molecule has 0 aliphatic carbocycles. The topological polar surface area (TPSA) is 109 Å². The van der Waals surface area contributed by atoms with Gasteiger partial charge in [0.25, 0.3) is 5.91 Å². The number of fused-ring (bicyclic) bond motifs is 2. The SMILES string of the molecule is CC(C)NC(=O)Nc1ccc2c(c1)C(=O)N(C)[C@H]1CC[C@H](CC(=O)NCC(F)(F)F)O[C@H]1CO2. The van der Waals surface area contributed by atoms with E-state index in [1.165, 1.54) is 0 Å². The monoisotopic (exact) mass is 486 g/mol. The van der Waals surface area contributed by atoms with Crippen molar-refractivity contribution in [1.29, 1.82) is 0 Å². The van der Waals surface area contributed by atoms with E-state index in [1.807, 2.05) is 19.2 Å². The van der Waals surface area contributed by atoms with E-state index in [0.717, 1.165) is 0 Å². The van der Waals surface area contributed by atoms with Crippen molar-refractivity contribution in [1.82, 2.24) is 15.5 Å². The first-order valence-electron chi connectivity index (χ1n) is 11.0. The van der Waals surface area contributed by atoms with Gasteiger partial charge in [0.1, 0.15) is 25.0 Å². The highest BCUT2D eigenvalue weighted by Crippen LogP contribution is 2.32.